The average Bonchev–Trinajstić information content (AvgIpc) is 2.66. The van der Waals surface area contributed by atoms with Gasteiger partial charge < -0.3 is 14.4 Å². The number of rotatable bonds is 5. The summed E-state index contributed by atoms with van der Waals surface area (Å²) in [7, 11) is 8.25. The van der Waals surface area contributed by atoms with Crippen LogP contribution in [0.3, 0.4) is 0 Å². The van der Waals surface area contributed by atoms with E-state index in [1.807, 2.05) is 42.5 Å². The molecule has 0 saturated carbocycles. The van der Waals surface area contributed by atoms with Crippen LogP contribution in [0.25, 0.3) is 22.0 Å². The van der Waals surface area contributed by atoms with Gasteiger partial charge in [0, 0.05) is 42.1 Å². The zero-order chi connectivity index (χ0) is 20.1. The number of ketones is 1. The molecule has 0 amide bonds. The number of carbonyl (C=O) groups is 1. The summed E-state index contributed by atoms with van der Waals surface area (Å²) in [5.74, 6) is 0.0170. The van der Waals surface area contributed by atoms with Gasteiger partial charge in [0.25, 0.3) is 5.56 Å². The molecule has 0 saturated heterocycles. The number of benzene rings is 2. The van der Waals surface area contributed by atoms with Crippen molar-refractivity contribution in [1.82, 2.24) is 4.57 Å². The van der Waals surface area contributed by atoms with Gasteiger partial charge in [-0.3, -0.25) is 9.59 Å². The molecule has 5 heteroatoms. The summed E-state index contributed by atoms with van der Waals surface area (Å²) in [6.45, 7) is 1.72. The summed E-state index contributed by atoms with van der Waals surface area (Å²) >= 11 is 0. The Morgan fingerprint density at radius 1 is 0.929 bits per heavy atom. The maximum atomic E-state index is 13.2. The summed E-state index contributed by atoms with van der Waals surface area (Å²) in [6, 6.07) is 13.2. The Morgan fingerprint density at radius 3 is 2.32 bits per heavy atom. The van der Waals surface area contributed by atoms with Crippen molar-refractivity contribution in [2.24, 2.45) is 7.05 Å². The molecular formula is C23H26N3O2+. The number of aromatic nitrogens is 1. The van der Waals surface area contributed by atoms with E-state index in [0.717, 1.165) is 39.5 Å². The molecule has 0 bridgehead atoms. The molecule has 0 spiro atoms. The van der Waals surface area contributed by atoms with Crippen LogP contribution in [0.4, 0.5) is 5.69 Å². The molecule has 0 unspecified atom stereocenters. The summed E-state index contributed by atoms with van der Waals surface area (Å²) in [6.07, 6.45) is 0.951. The van der Waals surface area contributed by atoms with Gasteiger partial charge in [0.05, 0.1) is 33.2 Å². The van der Waals surface area contributed by atoms with Gasteiger partial charge in [-0.1, -0.05) is 36.4 Å². The standard InChI is InChI=1S/C23H25N3O2/c1-25-18-12-7-11-17-19(18)20(15-9-5-6-10-16(15)22(17)27)21(23(25)28)24-13-8-14-26(2,3)4/h5-7,9-12H,8,13-14H2,1-4H3/p+1. The van der Waals surface area contributed by atoms with Gasteiger partial charge in [-0.15, -0.1) is 0 Å². The van der Waals surface area contributed by atoms with E-state index >= 15 is 0 Å². The zero-order valence-electron chi connectivity index (χ0n) is 16.9. The molecule has 0 fully saturated rings. The molecule has 0 radical (unpaired) electrons. The van der Waals surface area contributed by atoms with Crippen molar-refractivity contribution in [1.29, 1.82) is 0 Å². The van der Waals surface area contributed by atoms with Crippen LogP contribution >= 0.6 is 0 Å². The van der Waals surface area contributed by atoms with E-state index in [9.17, 15) is 9.59 Å². The minimum absolute atomic E-state index is 0.0170. The van der Waals surface area contributed by atoms with E-state index < -0.39 is 0 Å². The molecule has 144 valence electrons. The first kappa shape index (κ1) is 18.4. The lowest BCUT2D eigenvalue weighted by Gasteiger charge is -2.25. The summed E-state index contributed by atoms with van der Waals surface area (Å²) in [5.41, 5.74) is 4.33. The fraction of sp³-hybridized carbons (Fsp3) is 0.304. The van der Waals surface area contributed by atoms with Gasteiger partial charge in [-0.2, -0.15) is 0 Å². The van der Waals surface area contributed by atoms with Crippen LogP contribution in [0.2, 0.25) is 0 Å². The summed E-state index contributed by atoms with van der Waals surface area (Å²) in [5, 5.41) is 4.26. The third-order valence-electron chi connectivity index (χ3n) is 5.42. The van der Waals surface area contributed by atoms with E-state index in [1.54, 1.807) is 11.6 Å². The largest absolute Gasteiger partial charge is 0.380 e. The quantitative estimate of drug-likeness (QED) is 0.430. The first-order valence-electron chi connectivity index (χ1n) is 9.64. The minimum atomic E-state index is -0.0611. The molecule has 1 aliphatic rings. The zero-order valence-corrected chi connectivity index (χ0v) is 16.9. The highest BCUT2D eigenvalue weighted by Gasteiger charge is 2.29. The van der Waals surface area contributed by atoms with E-state index in [0.29, 0.717) is 23.4 Å². The molecule has 2 aromatic carbocycles. The lowest BCUT2D eigenvalue weighted by Crippen LogP contribution is -2.36. The Hall–Kier alpha value is -2.92. The number of carbonyl (C=O) groups excluding carboxylic acids is 1. The number of nitrogens with zero attached hydrogens (tertiary/aromatic N) is 2. The number of fused-ring (bicyclic) bond motifs is 2. The van der Waals surface area contributed by atoms with Crippen molar-refractivity contribution in [3.05, 3.63) is 63.9 Å². The molecule has 1 N–H and O–H groups in total. The number of aryl methyl sites for hydroxylation is 1. The molecule has 4 rings (SSSR count). The van der Waals surface area contributed by atoms with Crippen molar-refractivity contribution in [2.75, 3.05) is 39.5 Å². The number of quaternary nitrogens is 1. The van der Waals surface area contributed by atoms with Gasteiger partial charge in [-0.05, 0) is 11.6 Å². The maximum Gasteiger partial charge on any atom is 0.274 e. The molecule has 1 aromatic heterocycles. The number of pyridine rings is 1. The molecule has 28 heavy (non-hydrogen) atoms. The second-order valence-corrected chi connectivity index (χ2v) is 8.48. The minimum Gasteiger partial charge on any atom is -0.380 e. The van der Waals surface area contributed by atoms with Crippen molar-refractivity contribution in [3.8, 4) is 11.1 Å². The first-order chi connectivity index (χ1) is 13.3. The van der Waals surface area contributed by atoms with Crippen molar-refractivity contribution < 1.29 is 9.28 Å². The molecular weight excluding hydrogens is 350 g/mol. The van der Waals surface area contributed by atoms with Crippen LogP contribution in [0.1, 0.15) is 22.3 Å². The predicted octanol–water partition coefficient (Wildman–Crippen LogP) is 3.26. The third-order valence-corrected chi connectivity index (χ3v) is 5.42. The second kappa shape index (κ2) is 6.60. The van der Waals surface area contributed by atoms with E-state index in [2.05, 4.69) is 26.5 Å². The predicted molar refractivity (Wildman–Crippen MR) is 114 cm³/mol. The highest BCUT2D eigenvalue weighted by molar-refractivity contribution is 6.26. The number of hydrogen-bond acceptors (Lipinski definition) is 3. The molecule has 0 atom stereocenters. The fourth-order valence-corrected chi connectivity index (χ4v) is 4.02. The van der Waals surface area contributed by atoms with Gasteiger partial charge >= 0.3 is 0 Å². The first-order valence-corrected chi connectivity index (χ1v) is 9.64. The van der Waals surface area contributed by atoms with E-state index in [1.165, 1.54) is 0 Å². The van der Waals surface area contributed by atoms with Crippen LogP contribution in [0.15, 0.2) is 47.3 Å². The highest BCUT2D eigenvalue weighted by atomic mass is 16.1. The normalized spacial score (nSPS) is 12.9. The average molecular weight is 376 g/mol. The molecule has 1 heterocycles. The summed E-state index contributed by atoms with van der Waals surface area (Å²) < 4.78 is 2.53. The number of nitrogens with one attached hydrogen (secondary N) is 1. The Bertz CT molecular complexity index is 1150. The Morgan fingerprint density at radius 2 is 1.61 bits per heavy atom. The number of anilines is 1. The molecule has 5 nitrogen and oxygen atoms in total. The van der Waals surface area contributed by atoms with Gasteiger partial charge in [0.1, 0.15) is 5.69 Å². The van der Waals surface area contributed by atoms with E-state index in [4.69, 9.17) is 0 Å². The maximum absolute atomic E-state index is 13.2. The van der Waals surface area contributed by atoms with Gasteiger partial charge in [0.2, 0.25) is 0 Å². The Labute approximate surface area is 164 Å². The van der Waals surface area contributed by atoms with Crippen LogP contribution in [0.5, 0.6) is 0 Å². The van der Waals surface area contributed by atoms with Crippen LogP contribution in [0, 0.1) is 0 Å². The monoisotopic (exact) mass is 376 g/mol. The van der Waals surface area contributed by atoms with Crippen molar-refractivity contribution in [3.63, 3.8) is 0 Å². The molecule has 3 aromatic rings. The van der Waals surface area contributed by atoms with Crippen molar-refractivity contribution in [2.45, 2.75) is 6.42 Å². The Balaban J connectivity index is 1.92. The van der Waals surface area contributed by atoms with Crippen LogP contribution in [-0.2, 0) is 7.05 Å². The smallest absolute Gasteiger partial charge is 0.274 e. The third kappa shape index (κ3) is 2.92. The Kier molecular flexibility index (Phi) is 4.35. The fourth-order valence-electron chi connectivity index (χ4n) is 4.02. The van der Waals surface area contributed by atoms with E-state index in [-0.39, 0.29) is 11.3 Å². The highest BCUT2D eigenvalue weighted by Crippen LogP contribution is 2.41. The second-order valence-electron chi connectivity index (χ2n) is 8.48. The van der Waals surface area contributed by atoms with Crippen molar-refractivity contribution >= 4 is 22.4 Å². The van der Waals surface area contributed by atoms with Crippen LogP contribution < -0.4 is 10.9 Å². The van der Waals surface area contributed by atoms with Gasteiger partial charge in [0.15, 0.2) is 5.78 Å². The topological polar surface area (TPSA) is 51.1 Å². The van der Waals surface area contributed by atoms with Crippen LogP contribution in [-0.4, -0.2) is 49.1 Å². The SMILES string of the molecule is Cn1c(=O)c(NCCC[N+](C)(C)C)c2c3c(cccc31)C(=O)c1ccccc1-2. The lowest BCUT2D eigenvalue weighted by atomic mass is 9.83. The number of hydrogen-bond donors (Lipinski definition) is 1. The molecule has 1 aliphatic carbocycles. The lowest BCUT2D eigenvalue weighted by molar-refractivity contribution is -0.870. The summed E-state index contributed by atoms with van der Waals surface area (Å²) in [4.78, 5) is 26.3. The van der Waals surface area contributed by atoms with Gasteiger partial charge in [-0.25, -0.2) is 0 Å². The molecule has 0 aliphatic heterocycles.